The Hall–Kier alpha value is -1.54. The Morgan fingerprint density at radius 3 is 2.60 bits per heavy atom. The molecule has 0 unspecified atom stereocenters. The van der Waals surface area contributed by atoms with E-state index >= 15 is 0 Å². The van der Waals surface area contributed by atoms with E-state index in [1.165, 1.54) is 22.3 Å². The van der Waals surface area contributed by atoms with E-state index in [1.807, 2.05) is 7.05 Å². The summed E-state index contributed by atoms with van der Waals surface area (Å²) in [5.41, 5.74) is 6.31. The summed E-state index contributed by atoms with van der Waals surface area (Å²) in [6.07, 6.45) is 2.98. The average Bonchev–Trinajstić information content (AvgIpc) is 2.45. The quantitative estimate of drug-likeness (QED) is 0.670. The van der Waals surface area contributed by atoms with E-state index in [0.717, 1.165) is 38.0 Å². The lowest BCUT2D eigenvalue weighted by Gasteiger charge is -2.14. The second kappa shape index (κ2) is 8.60. The summed E-state index contributed by atoms with van der Waals surface area (Å²) in [5.74, 6) is 0. The molecule has 0 fully saturated rings. The zero-order valence-corrected chi connectivity index (χ0v) is 13.2. The number of hydrogen-bond donors (Lipinski definition) is 2. The largest absolute Gasteiger partial charge is 0.388 e. The Balaban J connectivity index is 2.63. The molecule has 0 spiro atoms. The molecule has 2 N–H and O–H groups in total. The van der Waals surface area contributed by atoms with E-state index in [-0.39, 0.29) is 0 Å². The van der Waals surface area contributed by atoms with Gasteiger partial charge in [0.2, 0.25) is 0 Å². The maximum atomic E-state index is 4.19. The number of rotatable bonds is 9. The van der Waals surface area contributed by atoms with Crippen molar-refractivity contribution < 1.29 is 0 Å². The lowest BCUT2D eigenvalue weighted by molar-refractivity contribution is 0.692. The topological polar surface area (TPSA) is 24.1 Å². The van der Waals surface area contributed by atoms with Gasteiger partial charge in [-0.05, 0) is 49.9 Å². The van der Waals surface area contributed by atoms with Crippen LogP contribution in [0.25, 0.3) is 5.57 Å². The fourth-order valence-corrected chi connectivity index (χ4v) is 2.17. The summed E-state index contributed by atoms with van der Waals surface area (Å²) >= 11 is 0. The van der Waals surface area contributed by atoms with Gasteiger partial charge in [-0.3, -0.25) is 0 Å². The number of aryl methyl sites for hydroxylation is 2. The first-order chi connectivity index (χ1) is 9.58. The standard InChI is InChI=1S/C18H28N2/c1-6-15(3)18-13-14(2)7-9-17(18)10-8-16(4)20-12-11-19-5/h7,9,13,19-20H,3-4,6,8,10-12H2,1-2,5H3. The normalized spacial score (nSPS) is 10.3. The molecule has 1 aromatic rings. The Labute approximate surface area is 124 Å². The molecule has 0 aliphatic rings. The number of benzene rings is 1. The molecule has 0 radical (unpaired) electrons. The van der Waals surface area contributed by atoms with Crippen LogP contribution in [-0.2, 0) is 6.42 Å². The molecule has 1 rings (SSSR count). The number of nitrogens with one attached hydrogen (secondary N) is 2. The van der Waals surface area contributed by atoms with Gasteiger partial charge in [-0.15, -0.1) is 0 Å². The highest BCUT2D eigenvalue weighted by Crippen LogP contribution is 2.23. The zero-order valence-electron chi connectivity index (χ0n) is 13.2. The minimum absolute atomic E-state index is 0.928. The smallest absolute Gasteiger partial charge is 0.0268 e. The monoisotopic (exact) mass is 272 g/mol. The summed E-state index contributed by atoms with van der Waals surface area (Å²) in [6.45, 7) is 14.5. The molecular weight excluding hydrogens is 244 g/mol. The highest BCUT2D eigenvalue weighted by atomic mass is 14.9. The third-order valence-electron chi connectivity index (χ3n) is 3.52. The molecule has 0 saturated carbocycles. The lowest BCUT2D eigenvalue weighted by atomic mass is 9.94. The summed E-state index contributed by atoms with van der Waals surface area (Å²) < 4.78 is 0. The van der Waals surface area contributed by atoms with E-state index in [9.17, 15) is 0 Å². The van der Waals surface area contributed by atoms with Crippen molar-refractivity contribution in [2.75, 3.05) is 20.1 Å². The second-order valence-electron chi connectivity index (χ2n) is 5.25. The Morgan fingerprint density at radius 1 is 1.20 bits per heavy atom. The van der Waals surface area contributed by atoms with Crippen LogP contribution < -0.4 is 10.6 Å². The molecule has 0 amide bonds. The van der Waals surface area contributed by atoms with Gasteiger partial charge in [0.15, 0.2) is 0 Å². The van der Waals surface area contributed by atoms with Gasteiger partial charge in [0, 0.05) is 18.8 Å². The minimum atomic E-state index is 0.928. The molecule has 0 aromatic heterocycles. The molecule has 0 atom stereocenters. The van der Waals surface area contributed by atoms with Gasteiger partial charge < -0.3 is 10.6 Å². The SMILES string of the molecule is C=C(CCc1ccc(C)cc1C(=C)CC)NCCNC. The average molecular weight is 272 g/mol. The van der Waals surface area contributed by atoms with E-state index in [4.69, 9.17) is 0 Å². The van der Waals surface area contributed by atoms with E-state index in [1.54, 1.807) is 0 Å². The molecule has 20 heavy (non-hydrogen) atoms. The number of allylic oxidation sites excluding steroid dienone is 2. The summed E-state index contributed by atoms with van der Waals surface area (Å²) in [6, 6.07) is 6.66. The van der Waals surface area contributed by atoms with Gasteiger partial charge in [-0.2, -0.15) is 0 Å². The van der Waals surface area contributed by atoms with Gasteiger partial charge in [0.1, 0.15) is 0 Å². The lowest BCUT2D eigenvalue weighted by Crippen LogP contribution is -2.24. The van der Waals surface area contributed by atoms with Crippen molar-refractivity contribution in [3.8, 4) is 0 Å². The molecule has 110 valence electrons. The van der Waals surface area contributed by atoms with Crippen LogP contribution in [0.5, 0.6) is 0 Å². The maximum Gasteiger partial charge on any atom is 0.0268 e. The molecular formula is C18H28N2. The first-order valence-electron chi connectivity index (χ1n) is 7.42. The van der Waals surface area contributed by atoms with Crippen LogP contribution in [0.1, 0.15) is 36.5 Å². The first kappa shape index (κ1) is 16.5. The van der Waals surface area contributed by atoms with Crippen molar-refractivity contribution in [1.82, 2.24) is 10.6 Å². The fourth-order valence-electron chi connectivity index (χ4n) is 2.17. The third kappa shape index (κ3) is 5.22. The summed E-state index contributed by atoms with van der Waals surface area (Å²) in [7, 11) is 1.96. The molecule has 0 aliphatic heterocycles. The first-order valence-corrected chi connectivity index (χ1v) is 7.42. The Morgan fingerprint density at radius 2 is 1.95 bits per heavy atom. The fraction of sp³-hybridized carbons (Fsp3) is 0.444. The van der Waals surface area contributed by atoms with Gasteiger partial charge in [-0.25, -0.2) is 0 Å². The number of hydrogen-bond acceptors (Lipinski definition) is 2. The molecule has 0 saturated heterocycles. The van der Waals surface area contributed by atoms with Crippen LogP contribution >= 0.6 is 0 Å². The van der Waals surface area contributed by atoms with Crippen LogP contribution in [0.2, 0.25) is 0 Å². The molecule has 0 bridgehead atoms. The van der Waals surface area contributed by atoms with Crippen LogP contribution in [0.15, 0.2) is 37.1 Å². The van der Waals surface area contributed by atoms with Gasteiger partial charge in [-0.1, -0.05) is 43.8 Å². The predicted molar refractivity (Wildman–Crippen MR) is 89.9 cm³/mol. The van der Waals surface area contributed by atoms with Crippen molar-refractivity contribution >= 4 is 5.57 Å². The number of likely N-dealkylation sites (N-methyl/N-ethyl adjacent to an activating group) is 1. The molecule has 0 aliphatic carbocycles. The third-order valence-corrected chi connectivity index (χ3v) is 3.52. The summed E-state index contributed by atoms with van der Waals surface area (Å²) in [4.78, 5) is 0. The van der Waals surface area contributed by atoms with Gasteiger partial charge in [0.25, 0.3) is 0 Å². The van der Waals surface area contributed by atoms with Crippen molar-refractivity contribution in [1.29, 1.82) is 0 Å². The molecule has 0 heterocycles. The molecule has 2 heteroatoms. The van der Waals surface area contributed by atoms with Crippen molar-refractivity contribution in [3.05, 3.63) is 53.7 Å². The van der Waals surface area contributed by atoms with Crippen molar-refractivity contribution in [2.24, 2.45) is 0 Å². The van der Waals surface area contributed by atoms with Gasteiger partial charge in [0.05, 0.1) is 0 Å². The predicted octanol–water partition coefficient (Wildman–Crippen LogP) is 3.67. The van der Waals surface area contributed by atoms with E-state index < -0.39 is 0 Å². The van der Waals surface area contributed by atoms with Crippen molar-refractivity contribution in [3.63, 3.8) is 0 Å². The minimum Gasteiger partial charge on any atom is -0.388 e. The van der Waals surface area contributed by atoms with E-state index in [0.29, 0.717) is 0 Å². The van der Waals surface area contributed by atoms with Crippen molar-refractivity contribution in [2.45, 2.75) is 33.1 Å². The second-order valence-corrected chi connectivity index (χ2v) is 5.25. The Bertz CT molecular complexity index is 460. The Kier molecular flexibility index (Phi) is 7.10. The highest BCUT2D eigenvalue weighted by Gasteiger charge is 2.06. The van der Waals surface area contributed by atoms with E-state index in [2.05, 4.69) is 55.8 Å². The van der Waals surface area contributed by atoms with Crippen LogP contribution in [-0.4, -0.2) is 20.1 Å². The maximum absolute atomic E-state index is 4.19. The van der Waals surface area contributed by atoms with Crippen LogP contribution in [0.4, 0.5) is 0 Å². The highest BCUT2D eigenvalue weighted by molar-refractivity contribution is 5.66. The van der Waals surface area contributed by atoms with Crippen LogP contribution in [0.3, 0.4) is 0 Å². The van der Waals surface area contributed by atoms with Gasteiger partial charge >= 0.3 is 0 Å². The molecule has 2 nitrogen and oxygen atoms in total. The zero-order chi connectivity index (χ0) is 15.0. The summed E-state index contributed by atoms with van der Waals surface area (Å²) in [5, 5.41) is 6.47. The molecule has 1 aromatic carbocycles. The van der Waals surface area contributed by atoms with Crippen LogP contribution in [0, 0.1) is 6.92 Å².